The minimum atomic E-state index is -0.327. The summed E-state index contributed by atoms with van der Waals surface area (Å²) in [6.07, 6.45) is 3.14. The van der Waals surface area contributed by atoms with Gasteiger partial charge in [0, 0.05) is 12.7 Å². The van der Waals surface area contributed by atoms with Crippen LogP contribution >= 0.6 is 0 Å². The van der Waals surface area contributed by atoms with Crippen LogP contribution in [0.25, 0.3) is 5.69 Å². The molecule has 0 bridgehead atoms. The van der Waals surface area contributed by atoms with Gasteiger partial charge in [-0.15, -0.1) is 0 Å². The number of rotatable bonds is 8. The molecule has 0 saturated carbocycles. The van der Waals surface area contributed by atoms with E-state index in [4.69, 9.17) is 4.74 Å². The molecule has 3 rings (SSSR count). The van der Waals surface area contributed by atoms with Crippen molar-refractivity contribution in [2.45, 2.75) is 12.8 Å². The third kappa shape index (κ3) is 5.37. The number of amides is 1. The van der Waals surface area contributed by atoms with E-state index in [1.54, 1.807) is 36.5 Å². The summed E-state index contributed by atoms with van der Waals surface area (Å²) in [5.74, 6) is -0.277. The lowest BCUT2D eigenvalue weighted by Gasteiger charge is -2.06. The second-order valence-electron chi connectivity index (χ2n) is 5.89. The summed E-state index contributed by atoms with van der Waals surface area (Å²) in [5, 5.41) is 7.00. The van der Waals surface area contributed by atoms with E-state index in [0.29, 0.717) is 30.3 Å². The summed E-state index contributed by atoms with van der Waals surface area (Å²) in [6, 6.07) is 13.3. The van der Waals surface area contributed by atoms with Gasteiger partial charge >= 0.3 is 0 Å². The number of nitrogens with one attached hydrogen (secondary N) is 1. The van der Waals surface area contributed by atoms with Crippen LogP contribution in [0.4, 0.5) is 8.78 Å². The maximum atomic E-state index is 13.0. The highest BCUT2D eigenvalue weighted by Gasteiger charge is 2.09. The first-order valence-corrected chi connectivity index (χ1v) is 8.60. The van der Waals surface area contributed by atoms with Crippen LogP contribution in [0.1, 0.15) is 23.3 Å². The zero-order valence-corrected chi connectivity index (χ0v) is 14.6. The Balaban J connectivity index is 1.38. The number of halogens is 2. The van der Waals surface area contributed by atoms with Crippen molar-refractivity contribution >= 4 is 5.91 Å². The number of benzene rings is 2. The number of hydrogen-bond acceptors (Lipinski definition) is 3. The average molecular weight is 371 g/mol. The van der Waals surface area contributed by atoms with Crippen LogP contribution in [-0.2, 0) is 0 Å². The third-order valence-corrected chi connectivity index (χ3v) is 3.85. The first-order valence-electron chi connectivity index (χ1n) is 8.60. The molecular weight excluding hydrogens is 352 g/mol. The van der Waals surface area contributed by atoms with Crippen LogP contribution in [0, 0.1) is 11.6 Å². The number of carbonyl (C=O) groups excluding carboxylic acids is 1. The van der Waals surface area contributed by atoms with Crippen molar-refractivity contribution in [2.75, 3.05) is 13.2 Å². The topological polar surface area (TPSA) is 56.1 Å². The van der Waals surface area contributed by atoms with Crippen molar-refractivity contribution in [3.8, 4) is 11.4 Å². The molecule has 7 heteroatoms. The van der Waals surface area contributed by atoms with E-state index in [1.165, 1.54) is 28.9 Å². The molecule has 2 aromatic carbocycles. The van der Waals surface area contributed by atoms with E-state index in [1.807, 2.05) is 0 Å². The van der Waals surface area contributed by atoms with Gasteiger partial charge in [0.25, 0.3) is 5.91 Å². The summed E-state index contributed by atoms with van der Waals surface area (Å²) in [5.41, 5.74) is 0.968. The van der Waals surface area contributed by atoms with Gasteiger partial charge in [0.1, 0.15) is 17.4 Å². The highest BCUT2D eigenvalue weighted by atomic mass is 19.1. The van der Waals surface area contributed by atoms with E-state index in [-0.39, 0.29) is 17.5 Å². The van der Waals surface area contributed by atoms with Crippen LogP contribution in [0.3, 0.4) is 0 Å². The maximum absolute atomic E-state index is 13.0. The largest absolute Gasteiger partial charge is 0.494 e. The minimum Gasteiger partial charge on any atom is -0.494 e. The molecule has 0 atom stereocenters. The summed E-state index contributed by atoms with van der Waals surface area (Å²) in [7, 11) is 0. The van der Waals surface area contributed by atoms with Crippen LogP contribution in [-0.4, -0.2) is 28.8 Å². The lowest BCUT2D eigenvalue weighted by molar-refractivity contribution is 0.0947. The third-order valence-electron chi connectivity index (χ3n) is 3.85. The molecule has 0 spiro atoms. The fourth-order valence-electron chi connectivity index (χ4n) is 2.42. The fourth-order valence-corrected chi connectivity index (χ4v) is 2.42. The molecule has 0 aliphatic rings. The number of hydrogen-bond donors (Lipinski definition) is 1. The summed E-state index contributed by atoms with van der Waals surface area (Å²) in [4.78, 5) is 12.1. The standard InChI is InChI=1S/C20H19F2N3O2/c21-15-3-7-17(8-4-15)25-13-11-19(24-25)20(26)23-12-1-2-14-27-18-9-5-16(22)6-10-18/h3-11,13H,1-2,12,14H2,(H,23,26). The van der Waals surface area contributed by atoms with Crippen molar-refractivity contribution in [1.82, 2.24) is 15.1 Å². The molecule has 3 aromatic rings. The monoisotopic (exact) mass is 371 g/mol. The van der Waals surface area contributed by atoms with Gasteiger partial charge in [-0.1, -0.05) is 0 Å². The Morgan fingerprint density at radius 2 is 1.63 bits per heavy atom. The number of unbranched alkanes of at least 4 members (excludes halogenated alkanes) is 1. The van der Waals surface area contributed by atoms with Gasteiger partial charge in [-0.2, -0.15) is 5.10 Å². The molecular formula is C20H19F2N3O2. The second kappa shape index (κ2) is 8.93. The molecule has 0 aliphatic heterocycles. The molecule has 1 N–H and O–H groups in total. The van der Waals surface area contributed by atoms with Crippen LogP contribution < -0.4 is 10.1 Å². The summed E-state index contributed by atoms with van der Waals surface area (Å²) < 4.78 is 32.8. The van der Waals surface area contributed by atoms with Crippen molar-refractivity contribution in [3.63, 3.8) is 0 Å². The summed E-state index contributed by atoms with van der Waals surface area (Å²) in [6.45, 7) is 0.982. The van der Waals surface area contributed by atoms with Crippen LogP contribution in [0.2, 0.25) is 0 Å². The van der Waals surface area contributed by atoms with E-state index in [9.17, 15) is 13.6 Å². The number of ether oxygens (including phenoxy) is 1. The highest BCUT2D eigenvalue weighted by molar-refractivity contribution is 5.92. The number of aromatic nitrogens is 2. The van der Waals surface area contributed by atoms with Gasteiger partial charge in [0.15, 0.2) is 5.69 Å². The predicted octanol–water partition coefficient (Wildman–Crippen LogP) is 3.74. The van der Waals surface area contributed by atoms with Crippen molar-refractivity contribution in [3.05, 3.63) is 78.1 Å². The Hall–Kier alpha value is -3.22. The maximum Gasteiger partial charge on any atom is 0.271 e. The van der Waals surface area contributed by atoms with Gasteiger partial charge in [-0.05, 0) is 67.4 Å². The number of carbonyl (C=O) groups is 1. The van der Waals surface area contributed by atoms with Crippen molar-refractivity contribution in [2.24, 2.45) is 0 Å². The molecule has 1 amide bonds. The van der Waals surface area contributed by atoms with E-state index in [0.717, 1.165) is 12.8 Å². The zero-order chi connectivity index (χ0) is 19.1. The summed E-state index contributed by atoms with van der Waals surface area (Å²) >= 11 is 0. The average Bonchev–Trinajstić information content (AvgIpc) is 3.17. The van der Waals surface area contributed by atoms with E-state index < -0.39 is 0 Å². The Morgan fingerprint density at radius 3 is 2.33 bits per heavy atom. The Labute approximate surface area is 155 Å². The van der Waals surface area contributed by atoms with E-state index >= 15 is 0 Å². The minimum absolute atomic E-state index is 0.268. The van der Waals surface area contributed by atoms with Crippen molar-refractivity contribution < 1.29 is 18.3 Å². The highest BCUT2D eigenvalue weighted by Crippen LogP contribution is 2.11. The van der Waals surface area contributed by atoms with Gasteiger partial charge in [-0.3, -0.25) is 4.79 Å². The molecule has 0 radical (unpaired) electrons. The fraction of sp³-hybridized carbons (Fsp3) is 0.200. The molecule has 0 unspecified atom stereocenters. The molecule has 1 heterocycles. The van der Waals surface area contributed by atoms with Gasteiger partial charge < -0.3 is 10.1 Å². The lowest BCUT2D eigenvalue weighted by atomic mass is 10.3. The zero-order valence-electron chi connectivity index (χ0n) is 14.6. The van der Waals surface area contributed by atoms with E-state index in [2.05, 4.69) is 10.4 Å². The van der Waals surface area contributed by atoms with Crippen LogP contribution in [0.5, 0.6) is 5.75 Å². The van der Waals surface area contributed by atoms with Gasteiger partial charge in [-0.25, -0.2) is 13.5 Å². The van der Waals surface area contributed by atoms with Crippen LogP contribution in [0.15, 0.2) is 60.8 Å². The molecule has 0 saturated heterocycles. The Morgan fingerprint density at radius 1 is 0.963 bits per heavy atom. The molecule has 1 aromatic heterocycles. The smallest absolute Gasteiger partial charge is 0.271 e. The molecule has 140 valence electrons. The molecule has 27 heavy (non-hydrogen) atoms. The second-order valence-corrected chi connectivity index (χ2v) is 5.89. The Bertz CT molecular complexity index is 877. The Kier molecular flexibility index (Phi) is 6.14. The molecule has 0 fully saturated rings. The van der Waals surface area contributed by atoms with Gasteiger partial charge in [0.05, 0.1) is 12.3 Å². The quantitative estimate of drug-likeness (QED) is 0.614. The van der Waals surface area contributed by atoms with Gasteiger partial charge in [0.2, 0.25) is 0 Å². The molecule has 0 aliphatic carbocycles. The first-order chi connectivity index (χ1) is 13.1. The SMILES string of the molecule is O=C(NCCCCOc1ccc(F)cc1)c1ccn(-c2ccc(F)cc2)n1. The number of nitrogens with zero attached hydrogens (tertiary/aromatic N) is 2. The molecule has 5 nitrogen and oxygen atoms in total. The normalized spacial score (nSPS) is 10.6. The first kappa shape index (κ1) is 18.6. The predicted molar refractivity (Wildman–Crippen MR) is 97.0 cm³/mol. The van der Waals surface area contributed by atoms with Crippen molar-refractivity contribution in [1.29, 1.82) is 0 Å². The lowest BCUT2D eigenvalue weighted by Crippen LogP contribution is -2.25.